The lowest BCUT2D eigenvalue weighted by Gasteiger charge is -2.25. The minimum absolute atomic E-state index is 0.108. The van der Waals surface area contributed by atoms with E-state index in [4.69, 9.17) is 0 Å². The van der Waals surface area contributed by atoms with Crippen molar-refractivity contribution in [2.75, 3.05) is 13.1 Å². The van der Waals surface area contributed by atoms with Crippen molar-refractivity contribution in [2.45, 2.75) is 31.4 Å². The summed E-state index contributed by atoms with van der Waals surface area (Å²) >= 11 is 0. The van der Waals surface area contributed by atoms with Crippen molar-refractivity contribution in [1.29, 1.82) is 0 Å². The quantitative estimate of drug-likeness (QED) is 0.632. The van der Waals surface area contributed by atoms with Gasteiger partial charge < -0.3 is 15.7 Å². The molecule has 2 atom stereocenters. The Bertz CT molecular complexity index is 746. The molecule has 2 aromatic carbocycles. The second-order valence-corrected chi connectivity index (χ2v) is 7.10. The monoisotopic (exact) mass is 374 g/mol. The number of carbonyl (C=O) groups excluding carboxylic acids is 1. The zero-order valence-electron chi connectivity index (χ0n) is 15.0. The molecule has 0 spiro atoms. The van der Waals surface area contributed by atoms with Crippen LogP contribution in [-0.4, -0.2) is 36.2 Å². The zero-order valence-corrected chi connectivity index (χ0v) is 15.0. The third kappa shape index (κ3) is 6.12. The van der Waals surface area contributed by atoms with Gasteiger partial charge in [-0.05, 0) is 49.4 Å². The molecule has 1 aliphatic rings. The Morgan fingerprint density at radius 1 is 1.11 bits per heavy atom. The SMILES string of the molecule is O=C(N[C@@H](Cc1ccccc1)[C@H](O)CNCC1CC1)c1cc(F)cc(F)c1. The third-order valence-electron chi connectivity index (χ3n) is 4.69. The Morgan fingerprint density at radius 3 is 2.41 bits per heavy atom. The Labute approximate surface area is 157 Å². The second kappa shape index (κ2) is 9.06. The van der Waals surface area contributed by atoms with Crippen LogP contribution in [0.5, 0.6) is 0 Å². The molecular weight excluding hydrogens is 350 g/mol. The molecule has 1 fully saturated rings. The fraction of sp³-hybridized carbons (Fsp3) is 0.381. The number of hydrogen-bond acceptors (Lipinski definition) is 3. The van der Waals surface area contributed by atoms with Crippen molar-refractivity contribution < 1.29 is 18.7 Å². The summed E-state index contributed by atoms with van der Waals surface area (Å²) in [5, 5.41) is 16.5. The number of rotatable bonds is 9. The van der Waals surface area contributed by atoms with E-state index < -0.39 is 29.7 Å². The molecule has 0 bridgehead atoms. The first kappa shape index (κ1) is 19.5. The number of aliphatic hydroxyl groups excluding tert-OH is 1. The molecule has 0 heterocycles. The van der Waals surface area contributed by atoms with Crippen molar-refractivity contribution in [3.8, 4) is 0 Å². The van der Waals surface area contributed by atoms with E-state index in [-0.39, 0.29) is 5.56 Å². The molecule has 1 aliphatic carbocycles. The van der Waals surface area contributed by atoms with Crippen LogP contribution in [0.1, 0.15) is 28.8 Å². The molecule has 4 nitrogen and oxygen atoms in total. The first-order valence-electron chi connectivity index (χ1n) is 9.21. The molecule has 0 aliphatic heterocycles. The summed E-state index contributed by atoms with van der Waals surface area (Å²) in [6.45, 7) is 1.18. The summed E-state index contributed by atoms with van der Waals surface area (Å²) in [6.07, 6.45) is 2.00. The van der Waals surface area contributed by atoms with Gasteiger partial charge in [-0.25, -0.2) is 8.78 Å². The summed E-state index contributed by atoms with van der Waals surface area (Å²) in [4.78, 5) is 12.5. The largest absolute Gasteiger partial charge is 0.390 e. The van der Waals surface area contributed by atoms with E-state index in [0.717, 1.165) is 30.3 Å². The van der Waals surface area contributed by atoms with Gasteiger partial charge >= 0.3 is 0 Å². The van der Waals surface area contributed by atoms with Gasteiger partial charge in [0, 0.05) is 18.2 Å². The van der Waals surface area contributed by atoms with Gasteiger partial charge in [0.1, 0.15) is 11.6 Å². The molecular formula is C21H24F2N2O2. The van der Waals surface area contributed by atoms with E-state index in [2.05, 4.69) is 10.6 Å². The summed E-state index contributed by atoms with van der Waals surface area (Å²) < 4.78 is 26.8. The van der Waals surface area contributed by atoms with Gasteiger partial charge in [-0.1, -0.05) is 30.3 Å². The molecule has 0 unspecified atom stereocenters. The van der Waals surface area contributed by atoms with Gasteiger partial charge in [-0.15, -0.1) is 0 Å². The van der Waals surface area contributed by atoms with E-state index in [1.807, 2.05) is 30.3 Å². The highest BCUT2D eigenvalue weighted by Gasteiger charge is 2.25. The summed E-state index contributed by atoms with van der Waals surface area (Å²) in [7, 11) is 0. The number of amides is 1. The van der Waals surface area contributed by atoms with E-state index in [9.17, 15) is 18.7 Å². The first-order valence-corrected chi connectivity index (χ1v) is 9.21. The topological polar surface area (TPSA) is 61.4 Å². The van der Waals surface area contributed by atoms with E-state index in [1.54, 1.807) is 0 Å². The van der Waals surface area contributed by atoms with Gasteiger partial charge in [0.05, 0.1) is 12.1 Å². The normalized spacial score (nSPS) is 16.0. The van der Waals surface area contributed by atoms with Crippen molar-refractivity contribution in [3.05, 3.63) is 71.3 Å². The number of aliphatic hydroxyl groups is 1. The molecule has 6 heteroatoms. The van der Waals surface area contributed by atoms with Crippen LogP contribution in [0.2, 0.25) is 0 Å². The molecule has 1 amide bonds. The standard InChI is InChI=1S/C21H24F2N2O2/c22-17-9-16(10-18(23)11-17)21(27)25-19(8-14-4-2-1-3-5-14)20(26)13-24-12-15-6-7-15/h1-5,9-11,15,19-20,24,26H,6-8,12-13H2,(H,25,27)/t19-,20+/m0/s1. The lowest BCUT2D eigenvalue weighted by molar-refractivity contribution is 0.0829. The molecule has 0 aromatic heterocycles. The molecule has 1 saturated carbocycles. The van der Waals surface area contributed by atoms with Crippen LogP contribution in [0.25, 0.3) is 0 Å². The maximum atomic E-state index is 13.4. The summed E-state index contributed by atoms with van der Waals surface area (Å²) in [5.74, 6) is -1.57. The third-order valence-corrected chi connectivity index (χ3v) is 4.69. The lowest BCUT2D eigenvalue weighted by Crippen LogP contribution is -2.49. The summed E-state index contributed by atoms with van der Waals surface area (Å²) in [6, 6.07) is 11.6. The Balaban J connectivity index is 1.68. The van der Waals surface area contributed by atoms with Crippen molar-refractivity contribution in [2.24, 2.45) is 5.92 Å². The van der Waals surface area contributed by atoms with Crippen LogP contribution in [0, 0.1) is 17.6 Å². The maximum absolute atomic E-state index is 13.4. The predicted molar refractivity (Wildman–Crippen MR) is 99.4 cm³/mol. The van der Waals surface area contributed by atoms with E-state index in [1.165, 1.54) is 12.8 Å². The van der Waals surface area contributed by atoms with Gasteiger partial charge in [0.2, 0.25) is 0 Å². The Hall–Kier alpha value is -2.31. The molecule has 3 N–H and O–H groups in total. The predicted octanol–water partition coefficient (Wildman–Crippen LogP) is 2.67. The number of benzene rings is 2. The fourth-order valence-corrected chi connectivity index (χ4v) is 2.99. The minimum Gasteiger partial charge on any atom is -0.390 e. The highest BCUT2D eigenvalue weighted by molar-refractivity contribution is 5.94. The van der Waals surface area contributed by atoms with Gasteiger partial charge in [0.25, 0.3) is 5.91 Å². The molecule has 0 radical (unpaired) electrons. The van der Waals surface area contributed by atoms with Crippen LogP contribution in [0.15, 0.2) is 48.5 Å². The van der Waals surface area contributed by atoms with Crippen LogP contribution in [0.3, 0.4) is 0 Å². The molecule has 0 saturated heterocycles. The summed E-state index contributed by atoms with van der Waals surface area (Å²) in [5.41, 5.74) is 0.846. The molecule has 2 aromatic rings. The number of carbonyl (C=O) groups is 1. The first-order chi connectivity index (χ1) is 13.0. The minimum atomic E-state index is -0.827. The molecule has 27 heavy (non-hydrogen) atoms. The van der Waals surface area contributed by atoms with Crippen molar-refractivity contribution in [1.82, 2.24) is 10.6 Å². The fourth-order valence-electron chi connectivity index (χ4n) is 2.99. The number of hydrogen-bond donors (Lipinski definition) is 3. The Morgan fingerprint density at radius 2 is 1.78 bits per heavy atom. The number of nitrogens with one attached hydrogen (secondary N) is 2. The second-order valence-electron chi connectivity index (χ2n) is 7.10. The van der Waals surface area contributed by atoms with Gasteiger partial charge in [-0.3, -0.25) is 4.79 Å². The molecule has 3 rings (SSSR count). The van der Waals surface area contributed by atoms with Crippen molar-refractivity contribution >= 4 is 5.91 Å². The van der Waals surface area contributed by atoms with Gasteiger partial charge in [0.15, 0.2) is 0 Å². The van der Waals surface area contributed by atoms with E-state index in [0.29, 0.717) is 18.9 Å². The average Bonchev–Trinajstić information content (AvgIpc) is 3.45. The maximum Gasteiger partial charge on any atom is 0.251 e. The average molecular weight is 374 g/mol. The van der Waals surface area contributed by atoms with Crippen LogP contribution in [0.4, 0.5) is 8.78 Å². The highest BCUT2D eigenvalue weighted by atomic mass is 19.1. The lowest BCUT2D eigenvalue weighted by atomic mass is 10.0. The van der Waals surface area contributed by atoms with Gasteiger partial charge in [-0.2, -0.15) is 0 Å². The molecule has 144 valence electrons. The van der Waals surface area contributed by atoms with Crippen LogP contribution in [-0.2, 0) is 6.42 Å². The smallest absolute Gasteiger partial charge is 0.251 e. The van der Waals surface area contributed by atoms with Crippen LogP contribution < -0.4 is 10.6 Å². The zero-order chi connectivity index (χ0) is 19.2. The number of halogens is 2. The highest BCUT2D eigenvalue weighted by Crippen LogP contribution is 2.27. The van der Waals surface area contributed by atoms with E-state index >= 15 is 0 Å². The van der Waals surface area contributed by atoms with Crippen molar-refractivity contribution in [3.63, 3.8) is 0 Å². The van der Waals surface area contributed by atoms with Crippen LogP contribution >= 0.6 is 0 Å². The Kier molecular flexibility index (Phi) is 6.53.